The topological polar surface area (TPSA) is 128 Å². The van der Waals surface area contributed by atoms with Crippen molar-refractivity contribution in [3.05, 3.63) is 108 Å². The summed E-state index contributed by atoms with van der Waals surface area (Å²) in [5.74, 6) is -1.14. The molecular weight excluding hydrogens is 729 g/mol. The van der Waals surface area contributed by atoms with Crippen LogP contribution < -0.4 is 0 Å². The Morgan fingerprint density at radius 2 is 1.30 bits per heavy atom. The maximum Gasteiger partial charge on any atom is 0.306 e. The van der Waals surface area contributed by atoms with Crippen LogP contribution in [0.25, 0.3) is 33.6 Å². The SMILES string of the molecule is CCN(CC)[C@H](C)C(=O)N1CCC[C@H]1c1ncc(-c2ccc(-c3ccc(-c4cnc([C@@H]5CCCN5C(=O)[C@H](CC(=O)OC)c5ccccc5)[nH]4)c(F)c3)cc2F)[nH]1. The summed E-state index contributed by atoms with van der Waals surface area (Å²) in [6.07, 6.45) is 6.13. The van der Waals surface area contributed by atoms with Gasteiger partial charge in [-0.15, -0.1) is 0 Å². The van der Waals surface area contributed by atoms with Crippen LogP contribution in [-0.2, 0) is 19.1 Å². The van der Waals surface area contributed by atoms with E-state index in [0.717, 1.165) is 37.9 Å². The Labute approximate surface area is 331 Å². The lowest BCUT2D eigenvalue weighted by Crippen LogP contribution is -2.46. The fourth-order valence-electron chi connectivity index (χ4n) is 8.39. The van der Waals surface area contributed by atoms with E-state index < -0.39 is 23.5 Å². The third-order valence-corrected chi connectivity index (χ3v) is 11.6. The highest BCUT2D eigenvalue weighted by atomic mass is 19.1. The molecule has 0 unspecified atom stereocenters. The molecule has 13 heteroatoms. The number of carbonyl (C=O) groups is 3. The monoisotopic (exact) mass is 777 g/mol. The van der Waals surface area contributed by atoms with Crippen LogP contribution in [0.3, 0.4) is 0 Å². The lowest BCUT2D eigenvalue weighted by molar-refractivity contribution is -0.145. The van der Waals surface area contributed by atoms with Gasteiger partial charge in [-0.25, -0.2) is 18.7 Å². The summed E-state index contributed by atoms with van der Waals surface area (Å²) in [6.45, 7) is 8.76. The quantitative estimate of drug-likeness (QED) is 0.117. The van der Waals surface area contributed by atoms with Gasteiger partial charge >= 0.3 is 5.97 Å². The minimum absolute atomic E-state index is 0.0687. The molecule has 3 aromatic carbocycles. The Morgan fingerprint density at radius 1 is 0.789 bits per heavy atom. The van der Waals surface area contributed by atoms with Gasteiger partial charge in [-0.05, 0) is 86.7 Å². The molecule has 0 spiro atoms. The molecule has 11 nitrogen and oxygen atoms in total. The summed E-state index contributed by atoms with van der Waals surface area (Å²) in [6, 6.07) is 17.9. The number of hydrogen-bond donors (Lipinski definition) is 2. The number of benzene rings is 3. The zero-order valence-corrected chi connectivity index (χ0v) is 32.8. The zero-order valence-electron chi connectivity index (χ0n) is 32.8. The van der Waals surface area contributed by atoms with Crippen LogP contribution in [-0.4, -0.2) is 91.7 Å². The van der Waals surface area contributed by atoms with Gasteiger partial charge in [-0.2, -0.15) is 0 Å². The molecule has 7 rings (SSSR count). The first-order valence-corrected chi connectivity index (χ1v) is 19.8. The second kappa shape index (κ2) is 17.2. The second-order valence-electron chi connectivity index (χ2n) is 14.8. The summed E-state index contributed by atoms with van der Waals surface area (Å²) >= 11 is 0. The number of methoxy groups -OCH3 is 1. The fourth-order valence-corrected chi connectivity index (χ4v) is 8.39. The molecule has 2 N–H and O–H groups in total. The largest absolute Gasteiger partial charge is 0.469 e. The lowest BCUT2D eigenvalue weighted by Gasteiger charge is -2.31. The van der Waals surface area contributed by atoms with Gasteiger partial charge in [0.1, 0.15) is 23.3 Å². The average Bonchev–Trinajstić information content (AvgIpc) is 4.07. The Hall–Kier alpha value is -5.69. The van der Waals surface area contributed by atoms with Gasteiger partial charge < -0.3 is 24.5 Å². The van der Waals surface area contributed by atoms with E-state index in [1.807, 2.05) is 56.0 Å². The number of H-pyrrole nitrogens is 2. The number of amides is 2. The Morgan fingerprint density at radius 3 is 1.77 bits per heavy atom. The molecule has 2 saturated heterocycles. The molecule has 4 heterocycles. The molecule has 5 aromatic rings. The van der Waals surface area contributed by atoms with E-state index in [4.69, 9.17) is 4.74 Å². The van der Waals surface area contributed by atoms with Crippen molar-refractivity contribution in [1.82, 2.24) is 34.6 Å². The number of nitrogens with zero attached hydrogens (tertiary/aromatic N) is 5. The van der Waals surface area contributed by atoms with Gasteiger partial charge in [-0.3, -0.25) is 19.3 Å². The smallest absolute Gasteiger partial charge is 0.306 e. The van der Waals surface area contributed by atoms with Gasteiger partial charge in [0.25, 0.3) is 0 Å². The molecule has 2 aromatic heterocycles. The number of esters is 1. The van der Waals surface area contributed by atoms with Crippen molar-refractivity contribution in [2.45, 2.75) is 76.9 Å². The van der Waals surface area contributed by atoms with Crippen LogP contribution in [0.5, 0.6) is 0 Å². The van der Waals surface area contributed by atoms with Crippen LogP contribution in [0.4, 0.5) is 8.78 Å². The minimum atomic E-state index is -0.707. The highest BCUT2D eigenvalue weighted by Gasteiger charge is 2.38. The number of hydrogen-bond acceptors (Lipinski definition) is 7. The van der Waals surface area contributed by atoms with Crippen LogP contribution in [0, 0.1) is 11.6 Å². The Balaban J connectivity index is 1.05. The van der Waals surface area contributed by atoms with Crippen LogP contribution in [0.15, 0.2) is 79.1 Å². The van der Waals surface area contributed by atoms with E-state index in [-0.39, 0.29) is 41.9 Å². The highest BCUT2D eigenvalue weighted by molar-refractivity contribution is 5.89. The summed E-state index contributed by atoms with van der Waals surface area (Å²) in [5, 5.41) is 0. The molecule has 0 aliphatic carbocycles. The van der Waals surface area contributed by atoms with Crippen LogP contribution >= 0.6 is 0 Å². The molecule has 57 heavy (non-hydrogen) atoms. The minimum Gasteiger partial charge on any atom is -0.469 e. The molecule has 2 aliphatic heterocycles. The van der Waals surface area contributed by atoms with Gasteiger partial charge in [0, 0.05) is 24.2 Å². The number of carbonyl (C=O) groups excluding carboxylic acids is 3. The lowest BCUT2D eigenvalue weighted by atomic mass is 9.94. The number of halogens is 2. The summed E-state index contributed by atoms with van der Waals surface area (Å²) in [7, 11) is 1.31. The predicted octanol–water partition coefficient (Wildman–Crippen LogP) is 7.82. The predicted molar refractivity (Wildman–Crippen MR) is 213 cm³/mol. The van der Waals surface area contributed by atoms with Gasteiger partial charge in [0.05, 0.1) is 61.4 Å². The van der Waals surface area contributed by atoms with E-state index in [1.165, 1.54) is 19.2 Å². The molecule has 4 atom stereocenters. The van der Waals surface area contributed by atoms with E-state index in [2.05, 4.69) is 24.8 Å². The van der Waals surface area contributed by atoms with Crippen molar-refractivity contribution in [3.63, 3.8) is 0 Å². The van der Waals surface area contributed by atoms with Gasteiger partial charge in [0.15, 0.2) is 0 Å². The first-order valence-electron chi connectivity index (χ1n) is 19.8. The van der Waals surface area contributed by atoms with Crippen LogP contribution in [0.2, 0.25) is 0 Å². The zero-order chi connectivity index (χ0) is 40.2. The van der Waals surface area contributed by atoms with Crippen molar-refractivity contribution < 1.29 is 27.9 Å². The number of aromatic nitrogens is 4. The maximum atomic E-state index is 15.8. The molecule has 0 radical (unpaired) electrons. The Bertz CT molecular complexity index is 2220. The van der Waals surface area contributed by atoms with E-state index in [9.17, 15) is 14.4 Å². The van der Waals surface area contributed by atoms with Crippen molar-refractivity contribution >= 4 is 17.8 Å². The van der Waals surface area contributed by atoms with Crippen LogP contribution in [0.1, 0.15) is 88.1 Å². The van der Waals surface area contributed by atoms with E-state index in [0.29, 0.717) is 59.2 Å². The molecule has 2 aliphatic rings. The molecule has 298 valence electrons. The van der Waals surface area contributed by atoms with E-state index in [1.54, 1.807) is 41.6 Å². The molecule has 0 saturated carbocycles. The molecular formula is C44H49F2N7O4. The van der Waals surface area contributed by atoms with E-state index >= 15 is 8.78 Å². The molecule has 2 fully saturated rings. The second-order valence-corrected chi connectivity index (χ2v) is 14.8. The number of aromatic amines is 2. The third-order valence-electron chi connectivity index (χ3n) is 11.6. The van der Waals surface area contributed by atoms with Crippen molar-refractivity contribution in [2.24, 2.45) is 0 Å². The summed E-state index contributed by atoms with van der Waals surface area (Å²) < 4.78 is 36.4. The fraction of sp³-hybridized carbons (Fsp3) is 0.386. The Kier molecular flexibility index (Phi) is 11.9. The number of likely N-dealkylation sites (tertiary alicyclic amines) is 2. The molecule has 0 bridgehead atoms. The van der Waals surface area contributed by atoms with Crippen molar-refractivity contribution in [2.75, 3.05) is 33.3 Å². The standard InChI is InChI=1S/C44H49F2N7O4/c1-5-51(6-2)27(3)43(55)52-20-10-14-38(52)41-47-25-36(49-41)31-18-16-29(22-34(31)45)30-17-19-32(35(46)23-30)37-26-48-42(50-37)39-15-11-21-53(39)44(56)33(24-40(54)57-4)28-12-8-7-9-13-28/h7-9,12-13,16-19,22-23,25-27,33,38-39H,5-6,10-11,14-15,20-21,24H2,1-4H3,(H,47,49)(H,48,50)/t27-,33-,38+,39+/m1/s1. The summed E-state index contributed by atoms with van der Waals surface area (Å²) in [4.78, 5) is 61.1. The van der Waals surface area contributed by atoms with Crippen molar-refractivity contribution in [3.8, 4) is 33.6 Å². The normalized spacial score (nSPS) is 17.9. The van der Waals surface area contributed by atoms with Gasteiger partial charge in [0.2, 0.25) is 11.8 Å². The number of likely N-dealkylation sites (N-methyl/N-ethyl adjacent to an activating group) is 1. The first kappa shape index (κ1) is 39.5. The molecule has 2 amide bonds. The number of imidazole rings is 2. The number of ether oxygens (including phenoxy) is 1. The van der Waals surface area contributed by atoms with Gasteiger partial charge in [-0.1, -0.05) is 56.3 Å². The third kappa shape index (κ3) is 8.11. The van der Waals surface area contributed by atoms with Crippen molar-refractivity contribution in [1.29, 1.82) is 0 Å². The first-order chi connectivity index (χ1) is 27.6. The summed E-state index contributed by atoms with van der Waals surface area (Å²) in [5.41, 5.74) is 3.30. The highest BCUT2D eigenvalue weighted by Crippen LogP contribution is 2.37. The number of rotatable bonds is 13. The number of nitrogens with one attached hydrogen (secondary N) is 2. The maximum absolute atomic E-state index is 15.8. The average molecular weight is 778 g/mol.